The summed E-state index contributed by atoms with van der Waals surface area (Å²) < 4.78 is 28.0. The number of amides is 1. The lowest BCUT2D eigenvalue weighted by Gasteiger charge is -2.34. The molecule has 0 radical (unpaired) electrons. The van der Waals surface area contributed by atoms with Gasteiger partial charge in [0.25, 0.3) is 11.8 Å². The lowest BCUT2D eigenvalue weighted by molar-refractivity contribution is -0.131. The van der Waals surface area contributed by atoms with Crippen molar-refractivity contribution in [2.24, 2.45) is 4.99 Å². The Morgan fingerprint density at radius 2 is 1.81 bits per heavy atom. The molecule has 1 amide bonds. The van der Waals surface area contributed by atoms with Crippen molar-refractivity contribution >= 4 is 17.4 Å². The van der Waals surface area contributed by atoms with E-state index in [9.17, 15) is 18.8 Å². The molecule has 0 aromatic heterocycles. The average molecular weight is 505 g/mol. The van der Waals surface area contributed by atoms with Gasteiger partial charge < -0.3 is 4.90 Å². The first-order valence-corrected chi connectivity index (χ1v) is 13.5. The van der Waals surface area contributed by atoms with Crippen LogP contribution in [-0.4, -0.2) is 41.2 Å². The minimum atomic E-state index is -2.70. The van der Waals surface area contributed by atoms with Crippen LogP contribution in [0.3, 0.4) is 0 Å². The number of anilines is 1. The van der Waals surface area contributed by atoms with Crippen LogP contribution in [0.1, 0.15) is 75.8 Å². The highest BCUT2D eigenvalue weighted by Crippen LogP contribution is 2.40. The van der Waals surface area contributed by atoms with Crippen LogP contribution in [-0.2, 0) is 11.3 Å². The number of piperidine rings is 1. The predicted molar refractivity (Wildman–Crippen MR) is 142 cm³/mol. The number of carbonyl (C=O) groups is 1. The average Bonchev–Trinajstić information content (AvgIpc) is 3.47. The van der Waals surface area contributed by atoms with Gasteiger partial charge in [0.05, 0.1) is 24.7 Å². The Morgan fingerprint density at radius 1 is 1.05 bits per heavy atom. The van der Waals surface area contributed by atoms with Crippen LogP contribution in [0.15, 0.2) is 47.5 Å². The van der Waals surface area contributed by atoms with E-state index < -0.39 is 11.5 Å². The first kappa shape index (κ1) is 25.4. The van der Waals surface area contributed by atoms with Crippen LogP contribution in [0, 0.1) is 11.3 Å². The van der Waals surface area contributed by atoms with Gasteiger partial charge in [-0.1, -0.05) is 50.5 Å². The van der Waals surface area contributed by atoms with Crippen molar-refractivity contribution in [2.45, 2.75) is 82.7 Å². The first-order valence-electron chi connectivity index (χ1n) is 13.5. The molecule has 2 aromatic carbocycles. The highest BCUT2D eigenvalue weighted by molar-refractivity contribution is 6.08. The van der Waals surface area contributed by atoms with Crippen molar-refractivity contribution in [1.29, 1.82) is 5.26 Å². The molecule has 5 nitrogen and oxygen atoms in total. The van der Waals surface area contributed by atoms with Crippen molar-refractivity contribution in [3.63, 3.8) is 0 Å². The van der Waals surface area contributed by atoms with Gasteiger partial charge in [0, 0.05) is 30.6 Å². The Labute approximate surface area is 217 Å². The summed E-state index contributed by atoms with van der Waals surface area (Å²) in [5, 5.41) is 9.70. The Morgan fingerprint density at radius 3 is 2.49 bits per heavy atom. The zero-order chi connectivity index (χ0) is 26.0. The first-order chi connectivity index (χ1) is 17.8. The van der Waals surface area contributed by atoms with Gasteiger partial charge in [-0.15, -0.1) is 0 Å². The van der Waals surface area contributed by atoms with Crippen LogP contribution in [0.4, 0.5) is 14.5 Å². The van der Waals surface area contributed by atoms with Crippen LogP contribution in [0.25, 0.3) is 11.1 Å². The molecule has 2 heterocycles. The lowest BCUT2D eigenvalue weighted by atomic mass is 9.96. The summed E-state index contributed by atoms with van der Waals surface area (Å²) in [6, 6.07) is 15.4. The zero-order valence-corrected chi connectivity index (χ0v) is 21.5. The summed E-state index contributed by atoms with van der Waals surface area (Å²) >= 11 is 0. The summed E-state index contributed by atoms with van der Waals surface area (Å²) in [6.07, 6.45) is 7.02. The molecule has 0 atom stereocenters. The van der Waals surface area contributed by atoms with Gasteiger partial charge >= 0.3 is 0 Å². The molecule has 194 valence electrons. The van der Waals surface area contributed by atoms with Crippen molar-refractivity contribution in [1.82, 2.24) is 4.90 Å². The number of alkyl halides is 2. The van der Waals surface area contributed by atoms with Crippen LogP contribution >= 0.6 is 0 Å². The van der Waals surface area contributed by atoms with E-state index in [1.165, 1.54) is 0 Å². The Hall–Kier alpha value is -3.27. The molecule has 1 saturated heterocycles. The standard InChI is InChI=1S/C30H34F2N4O/c1-2-3-7-27-34-29(14-4-5-15-29)28(37)36(27)20-22-8-10-23(11-9-22)26-18-25(13-12-24(26)19-33)35-17-6-16-30(31,32)21-35/h8-13,18H,2-7,14-17,20-21H2,1H3. The monoisotopic (exact) mass is 504 g/mol. The van der Waals surface area contributed by atoms with Crippen LogP contribution in [0.2, 0.25) is 0 Å². The molecule has 2 fully saturated rings. The van der Waals surface area contributed by atoms with Crippen molar-refractivity contribution in [3.8, 4) is 17.2 Å². The molecule has 5 rings (SSSR count). The van der Waals surface area contributed by atoms with Crippen LogP contribution < -0.4 is 4.90 Å². The predicted octanol–water partition coefficient (Wildman–Crippen LogP) is 6.70. The smallest absolute Gasteiger partial charge is 0.265 e. The molecule has 0 unspecified atom stereocenters. The topological polar surface area (TPSA) is 59.7 Å². The largest absolute Gasteiger partial charge is 0.365 e. The van der Waals surface area contributed by atoms with Crippen LogP contribution in [0.5, 0.6) is 0 Å². The number of carbonyl (C=O) groups excluding carboxylic acids is 1. The number of hydrogen-bond acceptors (Lipinski definition) is 4. The fourth-order valence-corrected chi connectivity index (χ4v) is 5.92. The molecule has 3 aliphatic rings. The minimum absolute atomic E-state index is 0.0837. The second-order valence-corrected chi connectivity index (χ2v) is 10.7. The number of unbranched alkanes of at least 4 members (excludes halogenated alkanes) is 1. The van der Waals surface area contributed by atoms with Gasteiger partial charge in [-0.05, 0) is 55.0 Å². The maximum absolute atomic E-state index is 14.0. The minimum Gasteiger partial charge on any atom is -0.365 e. The third-order valence-corrected chi connectivity index (χ3v) is 7.97. The Balaban J connectivity index is 1.37. The zero-order valence-electron chi connectivity index (χ0n) is 21.5. The molecule has 2 aromatic rings. The van der Waals surface area contributed by atoms with Crippen molar-refractivity contribution in [3.05, 3.63) is 53.6 Å². The maximum Gasteiger partial charge on any atom is 0.265 e. The number of nitriles is 1. The number of halogens is 2. The van der Waals surface area contributed by atoms with Gasteiger partial charge in [-0.25, -0.2) is 8.78 Å². The molecule has 37 heavy (non-hydrogen) atoms. The molecule has 2 aliphatic heterocycles. The second-order valence-electron chi connectivity index (χ2n) is 10.7. The molecule has 0 N–H and O–H groups in total. The molecular weight excluding hydrogens is 470 g/mol. The summed E-state index contributed by atoms with van der Waals surface area (Å²) in [5.74, 6) is -1.65. The summed E-state index contributed by atoms with van der Waals surface area (Å²) in [7, 11) is 0. The highest BCUT2D eigenvalue weighted by atomic mass is 19.3. The van der Waals surface area contributed by atoms with E-state index in [1.807, 2.05) is 35.2 Å². The number of hydrogen-bond donors (Lipinski definition) is 0. The fourth-order valence-electron chi connectivity index (χ4n) is 5.92. The summed E-state index contributed by atoms with van der Waals surface area (Å²) in [6.45, 7) is 2.90. The normalized spacial score (nSPS) is 20.4. The Kier molecular flexibility index (Phi) is 7.02. The number of aliphatic imine (C=N–C) groups is 1. The number of rotatable bonds is 7. The van der Waals surface area contributed by atoms with Crippen molar-refractivity contribution in [2.75, 3.05) is 18.0 Å². The van der Waals surface area contributed by atoms with Crippen molar-refractivity contribution < 1.29 is 13.6 Å². The van der Waals surface area contributed by atoms with E-state index in [1.54, 1.807) is 17.0 Å². The summed E-state index contributed by atoms with van der Waals surface area (Å²) in [4.78, 5) is 22.0. The van der Waals surface area contributed by atoms with E-state index in [-0.39, 0.29) is 18.9 Å². The summed E-state index contributed by atoms with van der Waals surface area (Å²) in [5.41, 5.74) is 3.25. The third-order valence-electron chi connectivity index (χ3n) is 7.97. The number of amidine groups is 1. The Bertz CT molecular complexity index is 1230. The molecule has 7 heteroatoms. The number of nitrogens with zero attached hydrogens (tertiary/aromatic N) is 4. The molecule has 1 aliphatic carbocycles. The van der Waals surface area contributed by atoms with Gasteiger partial charge in [0.2, 0.25) is 0 Å². The van der Waals surface area contributed by atoms with E-state index in [0.717, 1.165) is 67.5 Å². The van der Waals surface area contributed by atoms with Gasteiger partial charge in [0.1, 0.15) is 11.4 Å². The molecular formula is C30H34F2N4O. The van der Waals surface area contributed by atoms with E-state index in [2.05, 4.69) is 13.0 Å². The molecule has 1 saturated carbocycles. The quantitative estimate of drug-likeness (QED) is 0.421. The number of benzene rings is 2. The molecule has 1 spiro atoms. The lowest BCUT2D eigenvalue weighted by Crippen LogP contribution is -2.42. The third kappa shape index (κ3) is 5.12. The molecule has 0 bridgehead atoms. The second kappa shape index (κ2) is 10.2. The van der Waals surface area contributed by atoms with E-state index in [4.69, 9.17) is 4.99 Å². The SMILES string of the molecule is CCCCC1=NC2(CCCC2)C(=O)N1Cc1ccc(-c2cc(N3CCCC(F)(F)C3)ccc2C#N)cc1. The van der Waals surface area contributed by atoms with Gasteiger partial charge in [0.15, 0.2) is 0 Å². The van der Waals surface area contributed by atoms with E-state index >= 15 is 0 Å². The van der Waals surface area contributed by atoms with Gasteiger partial charge in [-0.2, -0.15) is 5.26 Å². The highest BCUT2D eigenvalue weighted by Gasteiger charge is 2.49. The fraction of sp³-hybridized carbons (Fsp3) is 0.500. The van der Waals surface area contributed by atoms with E-state index in [0.29, 0.717) is 30.8 Å². The maximum atomic E-state index is 14.0. The van der Waals surface area contributed by atoms with Gasteiger partial charge in [-0.3, -0.25) is 14.7 Å².